The highest BCUT2D eigenvalue weighted by atomic mass is 35.5. The van der Waals surface area contributed by atoms with Crippen molar-refractivity contribution in [1.82, 2.24) is 4.98 Å². The first-order valence-electron chi connectivity index (χ1n) is 6.25. The Balaban J connectivity index is 2.13. The lowest BCUT2D eigenvalue weighted by Crippen LogP contribution is -2.03. The average Bonchev–Trinajstić information content (AvgIpc) is 2.89. The van der Waals surface area contributed by atoms with E-state index in [2.05, 4.69) is 4.98 Å². The third kappa shape index (κ3) is 2.38. The van der Waals surface area contributed by atoms with Crippen molar-refractivity contribution in [2.45, 2.75) is 0 Å². The van der Waals surface area contributed by atoms with Gasteiger partial charge in [-0.05, 0) is 36.4 Å². The molecule has 2 aromatic carbocycles. The van der Waals surface area contributed by atoms with Gasteiger partial charge in [-0.15, -0.1) is 0 Å². The summed E-state index contributed by atoms with van der Waals surface area (Å²) < 4.78 is 18.4. The van der Waals surface area contributed by atoms with Crippen LogP contribution in [0.15, 0.2) is 42.6 Å². The molecule has 0 unspecified atom stereocenters. The Labute approximate surface area is 125 Å². The first kappa shape index (κ1) is 13.6. The van der Waals surface area contributed by atoms with E-state index in [1.807, 2.05) is 0 Å². The third-order valence-corrected chi connectivity index (χ3v) is 3.53. The molecule has 0 saturated heterocycles. The van der Waals surface area contributed by atoms with Gasteiger partial charge >= 0.3 is 0 Å². The monoisotopic (exact) mass is 303 g/mol. The van der Waals surface area contributed by atoms with Crippen molar-refractivity contribution in [3.63, 3.8) is 0 Å². The Hall–Kier alpha value is -2.33. The molecule has 1 heterocycles. The molecule has 106 valence electrons. The minimum atomic E-state index is -0.354. The lowest BCUT2D eigenvalue weighted by atomic mass is 10.0. The predicted octanol–water partition coefficient (Wildman–Crippen LogP) is 4.20. The number of hydrogen-bond donors (Lipinski definition) is 1. The molecule has 1 N–H and O–H groups in total. The van der Waals surface area contributed by atoms with E-state index in [1.165, 1.54) is 19.2 Å². The number of carbonyl (C=O) groups excluding carboxylic acids is 1. The van der Waals surface area contributed by atoms with Crippen LogP contribution in [0.3, 0.4) is 0 Å². The van der Waals surface area contributed by atoms with Crippen molar-refractivity contribution in [2.24, 2.45) is 0 Å². The molecule has 0 atom stereocenters. The minimum absolute atomic E-state index is 0.207. The highest BCUT2D eigenvalue weighted by molar-refractivity contribution is 6.31. The number of H-pyrrole nitrogens is 1. The molecule has 0 aliphatic heterocycles. The maximum atomic E-state index is 13.2. The standard InChI is InChI=1S/C16H11ClFNO2/c1-21-15-6-9(17)2-4-12(15)16(20)13-8-19-14-7-10(18)3-5-11(13)14/h2-8,19H,1H3. The molecule has 3 aromatic rings. The summed E-state index contributed by atoms with van der Waals surface area (Å²) in [7, 11) is 1.48. The zero-order valence-electron chi connectivity index (χ0n) is 11.1. The summed E-state index contributed by atoms with van der Waals surface area (Å²) in [6.07, 6.45) is 1.57. The first-order chi connectivity index (χ1) is 10.1. The summed E-state index contributed by atoms with van der Waals surface area (Å²) in [5.74, 6) is -0.155. The SMILES string of the molecule is COc1cc(Cl)ccc1C(=O)c1c[nH]c2cc(F)ccc12. The second-order valence-electron chi connectivity index (χ2n) is 4.57. The Bertz CT molecular complexity index is 841. The fourth-order valence-electron chi connectivity index (χ4n) is 2.28. The van der Waals surface area contributed by atoms with Gasteiger partial charge in [0.05, 0.1) is 12.7 Å². The van der Waals surface area contributed by atoms with E-state index in [9.17, 15) is 9.18 Å². The fourth-order valence-corrected chi connectivity index (χ4v) is 2.45. The van der Waals surface area contributed by atoms with Crippen LogP contribution in [0.2, 0.25) is 5.02 Å². The molecule has 0 amide bonds. The summed E-state index contributed by atoms with van der Waals surface area (Å²) in [5.41, 5.74) is 1.45. The third-order valence-electron chi connectivity index (χ3n) is 3.30. The van der Waals surface area contributed by atoms with Crippen molar-refractivity contribution in [3.05, 3.63) is 64.6 Å². The van der Waals surface area contributed by atoms with Gasteiger partial charge in [0, 0.05) is 27.7 Å². The number of ketones is 1. The molecule has 0 aliphatic carbocycles. The molecule has 0 saturated carbocycles. The van der Waals surface area contributed by atoms with Crippen LogP contribution in [-0.2, 0) is 0 Å². The van der Waals surface area contributed by atoms with E-state index in [1.54, 1.807) is 30.5 Å². The van der Waals surface area contributed by atoms with Crippen LogP contribution in [0, 0.1) is 5.82 Å². The molecule has 3 rings (SSSR count). The molecule has 21 heavy (non-hydrogen) atoms. The van der Waals surface area contributed by atoms with E-state index in [0.29, 0.717) is 32.8 Å². The Kier molecular flexibility index (Phi) is 3.39. The molecule has 0 spiro atoms. The minimum Gasteiger partial charge on any atom is -0.496 e. The molecule has 0 fully saturated rings. The number of rotatable bonds is 3. The van der Waals surface area contributed by atoms with Crippen molar-refractivity contribution in [3.8, 4) is 5.75 Å². The summed E-state index contributed by atoms with van der Waals surface area (Å²) >= 11 is 5.90. The van der Waals surface area contributed by atoms with Crippen LogP contribution in [-0.4, -0.2) is 17.9 Å². The number of halogens is 2. The van der Waals surface area contributed by atoms with Gasteiger partial charge in [-0.25, -0.2) is 4.39 Å². The van der Waals surface area contributed by atoms with Gasteiger partial charge in [-0.3, -0.25) is 4.79 Å². The number of ether oxygens (including phenoxy) is 1. The Morgan fingerprint density at radius 3 is 2.76 bits per heavy atom. The quantitative estimate of drug-likeness (QED) is 0.737. The van der Waals surface area contributed by atoms with Gasteiger partial charge in [-0.1, -0.05) is 11.6 Å². The summed E-state index contributed by atoms with van der Waals surface area (Å²) in [4.78, 5) is 15.6. The van der Waals surface area contributed by atoms with Crippen LogP contribution in [0.4, 0.5) is 4.39 Å². The maximum absolute atomic E-state index is 13.2. The van der Waals surface area contributed by atoms with Gasteiger partial charge in [0.25, 0.3) is 0 Å². The maximum Gasteiger partial charge on any atom is 0.198 e. The second kappa shape index (κ2) is 5.22. The fraction of sp³-hybridized carbons (Fsp3) is 0.0625. The smallest absolute Gasteiger partial charge is 0.198 e. The molecular weight excluding hydrogens is 293 g/mol. The van der Waals surface area contributed by atoms with Crippen LogP contribution in [0.25, 0.3) is 10.9 Å². The Morgan fingerprint density at radius 2 is 2.00 bits per heavy atom. The average molecular weight is 304 g/mol. The first-order valence-corrected chi connectivity index (χ1v) is 6.63. The lowest BCUT2D eigenvalue weighted by Gasteiger charge is -2.07. The van der Waals surface area contributed by atoms with Crippen molar-refractivity contribution >= 4 is 28.3 Å². The van der Waals surface area contributed by atoms with E-state index in [0.717, 1.165) is 0 Å². The molecule has 1 aromatic heterocycles. The molecule has 5 heteroatoms. The van der Waals surface area contributed by atoms with Crippen LogP contribution >= 0.6 is 11.6 Å². The zero-order chi connectivity index (χ0) is 15.0. The lowest BCUT2D eigenvalue weighted by molar-refractivity contribution is 0.103. The number of hydrogen-bond acceptors (Lipinski definition) is 2. The van der Waals surface area contributed by atoms with E-state index in [-0.39, 0.29) is 11.6 Å². The molecule has 0 aliphatic rings. The predicted molar refractivity (Wildman–Crippen MR) is 79.7 cm³/mol. The highest BCUT2D eigenvalue weighted by Crippen LogP contribution is 2.28. The zero-order valence-corrected chi connectivity index (χ0v) is 11.9. The summed E-state index contributed by atoms with van der Waals surface area (Å²) in [6, 6.07) is 9.09. The van der Waals surface area contributed by atoms with Gasteiger partial charge in [0.15, 0.2) is 5.78 Å². The van der Waals surface area contributed by atoms with Crippen molar-refractivity contribution in [2.75, 3.05) is 7.11 Å². The molecule has 0 bridgehead atoms. The number of methoxy groups -OCH3 is 1. The number of carbonyl (C=O) groups is 1. The largest absolute Gasteiger partial charge is 0.496 e. The number of fused-ring (bicyclic) bond motifs is 1. The van der Waals surface area contributed by atoms with Gasteiger partial charge in [0.2, 0.25) is 0 Å². The second-order valence-corrected chi connectivity index (χ2v) is 5.00. The van der Waals surface area contributed by atoms with E-state index >= 15 is 0 Å². The number of aromatic nitrogens is 1. The van der Waals surface area contributed by atoms with E-state index < -0.39 is 0 Å². The number of aromatic amines is 1. The van der Waals surface area contributed by atoms with Gasteiger partial charge in [-0.2, -0.15) is 0 Å². The van der Waals surface area contributed by atoms with Crippen LogP contribution in [0.5, 0.6) is 5.75 Å². The van der Waals surface area contributed by atoms with Gasteiger partial charge < -0.3 is 9.72 Å². The number of nitrogens with one attached hydrogen (secondary N) is 1. The molecule has 0 radical (unpaired) electrons. The van der Waals surface area contributed by atoms with Crippen molar-refractivity contribution in [1.29, 1.82) is 0 Å². The molecular formula is C16H11ClFNO2. The Morgan fingerprint density at radius 1 is 1.19 bits per heavy atom. The number of benzene rings is 2. The van der Waals surface area contributed by atoms with Gasteiger partial charge in [0.1, 0.15) is 11.6 Å². The van der Waals surface area contributed by atoms with Crippen LogP contribution < -0.4 is 4.74 Å². The van der Waals surface area contributed by atoms with Crippen molar-refractivity contribution < 1.29 is 13.9 Å². The highest BCUT2D eigenvalue weighted by Gasteiger charge is 2.18. The topological polar surface area (TPSA) is 42.1 Å². The summed E-state index contributed by atoms with van der Waals surface area (Å²) in [5, 5.41) is 1.16. The normalized spacial score (nSPS) is 10.8. The summed E-state index contributed by atoms with van der Waals surface area (Å²) in [6.45, 7) is 0. The molecule has 3 nitrogen and oxygen atoms in total. The van der Waals surface area contributed by atoms with Crippen LogP contribution in [0.1, 0.15) is 15.9 Å². The van der Waals surface area contributed by atoms with E-state index in [4.69, 9.17) is 16.3 Å².